The first-order valence-electron chi connectivity index (χ1n) is 7.98. The molecule has 0 radical (unpaired) electrons. The molecule has 0 fully saturated rings. The average molecular weight is 456 g/mol. The Morgan fingerprint density at radius 1 is 1.18 bits per heavy atom. The van der Waals surface area contributed by atoms with Gasteiger partial charge < -0.3 is 10.1 Å². The summed E-state index contributed by atoms with van der Waals surface area (Å²) in [6, 6.07) is 10.2. The number of nitrogens with zero attached hydrogens (tertiary/aromatic N) is 1. The summed E-state index contributed by atoms with van der Waals surface area (Å²) in [5.41, 5.74) is 1.37. The minimum absolute atomic E-state index is 0.211. The fraction of sp³-hybridized carbons (Fsp3) is 0.105. The van der Waals surface area contributed by atoms with E-state index in [2.05, 4.69) is 10.3 Å². The number of carbonyl (C=O) groups excluding carboxylic acids is 2. The van der Waals surface area contributed by atoms with Crippen LogP contribution in [0, 0.1) is 0 Å². The van der Waals surface area contributed by atoms with Gasteiger partial charge in [0.25, 0.3) is 5.91 Å². The van der Waals surface area contributed by atoms with E-state index in [-0.39, 0.29) is 17.7 Å². The highest BCUT2D eigenvalue weighted by Crippen LogP contribution is 2.32. The van der Waals surface area contributed by atoms with Crippen LogP contribution in [0.3, 0.4) is 0 Å². The number of halogens is 3. The molecule has 0 atom stereocenters. The van der Waals surface area contributed by atoms with Crippen LogP contribution in [0.5, 0.6) is 5.75 Å². The van der Waals surface area contributed by atoms with Crippen molar-refractivity contribution in [3.63, 3.8) is 0 Å². The largest absolute Gasteiger partial charge is 0.488 e. The summed E-state index contributed by atoms with van der Waals surface area (Å²) in [5, 5.41) is 4.26. The van der Waals surface area contributed by atoms with Crippen LogP contribution in [0.25, 0.3) is 6.08 Å². The molecule has 3 rings (SSSR count). The molecule has 9 heteroatoms. The smallest absolute Gasteiger partial charge is 0.286 e. The zero-order valence-electron chi connectivity index (χ0n) is 14.5. The number of amidine groups is 1. The molecule has 0 spiro atoms. The molecule has 2 aromatic rings. The topological polar surface area (TPSA) is 67.8 Å². The zero-order valence-corrected chi connectivity index (χ0v) is 17.5. The summed E-state index contributed by atoms with van der Waals surface area (Å²) in [6.45, 7) is 1.56. The summed E-state index contributed by atoms with van der Waals surface area (Å²) in [5.74, 6) is -0.225. The van der Waals surface area contributed by atoms with Crippen molar-refractivity contribution in [3.8, 4) is 5.75 Å². The van der Waals surface area contributed by atoms with Gasteiger partial charge in [0, 0.05) is 33.1 Å². The van der Waals surface area contributed by atoms with Crippen molar-refractivity contribution in [3.05, 3.63) is 67.5 Å². The van der Waals surface area contributed by atoms with E-state index >= 15 is 0 Å². The Bertz CT molecular complexity index is 1020. The van der Waals surface area contributed by atoms with Gasteiger partial charge >= 0.3 is 0 Å². The predicted octanol–water partition coefficient (Wildman–Crippen LogP) is 5.33. The van der Waals surface area contributed by atoms with Gasteiger partial charge in [0.05, 0.1) is 4.91 Å². The molecule has 0 aromatic heterocycles. The van der Waals surface area contributed by atoms with Crippen LogP contribution in [-0.2, 0) is 16.2 Å². The van der Waals surface area contributed by atoms with Gasteiger partial charge in [-0.25, -0.2) is 0 Å². The van der Waals surface area contributed by atoms with Crippen LogP contribution >= 0.6 is 46.6 Å². The third-order valence-electron chi connectivity index (χ3n) is 3.56. The fourth-order valence-corrected chi connectivity index (χ4v) is 3.81. The summed E-state index contributed by atoms with van der Waals surface area (Å²) in [7, 11) is 0. The fourth-order valence-electron chi connectivity index (χ4n) is 2.31. The molecular formula is C19H13Cl3N2O3S. The highest BCUT2D eigenvalue weighted by Gasteiger charge is 2.23. The van der Waals surface area contributed by atoms with Gasteiger partial charge in [-0.3, -0.25) is 9.59 Å². The lowest BCUT2D eigenvalue weighted by Crippen LogP contribution is -2.23. The minimum Gasteiger partial charge on any atom is -0.488 e. The van der Waals surface area contributed by atoms with Gasteiger partial charge in [-0.15, -0.1) is 0 Å². The molecule has 28 heavy (non-hydrogen) atoms. The molecule has 144 valence electrons. The Hall–Kier alpha value is -1.99. The van der Waals surface area contributed by atoms with E-state index in [1.807, 2.05) is 0 Å². The van der Waals surface area contributed by atoms with Crippen LogP contribution in [-0.4, -0.2) is 17.0 Å². The van der Waals surface area contributed by atoms with Crippen molar-refractivity contribution in [1.82, 2.24) is 5.32 Å². The maximum atomic E-state index is 12.1. The summed E-state index contributed by atoms with van der Waals surface area (Å²) < 4.78 is 5.88. The van der Waals surface area contributed by atoms with Gasteiger partial charge in [-0.2, -0.15) is 4.99 Å². The number of aliphatic imine (C=N–C) groups is 1. The second-order valence-corrected chi connectivity index (χ2v) is 8.03. The molecular weight excluding hydrogens is 443 g/mol. The van der Waals surface area contributed by atoms with Crippen LogP contribution in [0.15, 0.2) is 46.3 Å². The molecule has 5 nitrogen and oxygen atoms in total. The van der Waals surface area contributed by atoms with E-state index in [1.54, 1.807) is 42.5 Å². The molecule has 2 aromatic carbocycles. The lowest BCUT2D eigenvalue weighted by Gasteiger charge is -2.11. The molecule has 0 saturated heterocycles. The van der Waals surface area contributed by atoms with Crippen molar-refractivity contribution in [2.75, 3.05) is 0 Å². The Kier molecular flexibility index (Phi) is 6.67. The van der Waals surface area contributed by atoms with Gasteiger partial charge in [0.2, 0.25) is 5.91 Å². The lowest BCUT2D eigenvalue weighted by atomic mass is 10.1. The van der Waals surface area contributed by atoms with Crippen molar-refractivity contribution < 1.29 is 14.3 Å². The third-order valence-corrected chi connectivity index (χ3v) is 5.28. The highest BCUT2D eigenvalue weighted by atomic mass is 35.5. The Balaban J connectivity index is 1.81. The average Bonchev–Trinajstić information content (AvgIpc) is 2.94. The van der Waals surface area contributed by atoms with Crippen molar-refractivity contribution in [2.45, 2.75) is 13.5 Å². The number of ether oxygens (including phenoxy) is 1. The molecule has 2 amide bonds. The molecule has 0 aliphatic carbocycles. The van der Waals surface area contributed by atoms with Crippen molar-refractivity contribution >= 4 is 69.6 Å². The summed E-state index contributed by atoms with van der Waals surface area (Å²) in [4.78, 5) is 27.4. The Labute approximate surface area is 180 Å². The molecule has 0 saturated carbocycles. The van der Waals surface area contributed by atoms with E-state index in [0.717, 1.165) is 17.3 Å². The van der Waals surface area contributed by atoms with Crippen LogP contribution in [0.2, 0.25) is 15.1 Å². The van der Waals surface area contributed by atoms with E-state index in [4.69, 9.17) is 39.5 Å². The van der Waals surface area contributed by atoms with Crippen LogP contribution < -0.4 is 10.1 Å². The van der Waals surface area contributed by atoms with Gasteiger partial charge in [-0.05, 0) is 48.2 Å². The maximum absolute atomic E-state index is 12.1. The maximum Gasteiger partial charge on any atom is 0.286 e. The number of thioether (sulfide) groups is 1. The van der Waals surface area contributed by atoms with E-state index in [9.17, 15) is 9.59 Å². The van der Waals surface area contributed by atoms with Gasteiger partial charge in [0.15, 0.2) is 5.17 Å². The number of carbonyl (C=O) groups is 2. The Morgan fingerprint density at radius 3 is 2.61 bits per heavy atom. The van der Waals surface area contributed by atoms with E-state index in [0.29, 0.717) is 31.3 Å². The first-order valence-corrected chi connectivity index (χ1v) is 9.93. The highest BCUT2D eigenvalue weighted by molar-refractivity contribution is 8.18. The number of nitrogens with one attached hydrogen (secondary N) is 1. The van der Waals surface area contributed by atoms with Crippen LogP contribution in [0.1, 0.15) is 18.1 Å². The van der Waals surface area contributed by atoms with E-state index < -0.39 is 5.91 Å². The second kappa shape index (κ2) is 9.01. The van der Waals surface area contributed by atoms with E-state index in [1.165, 1.54) is 6.92 Å². The van der Waals surface area contributed by atoms with Gasteiger partial charge in [0.1, 0.15) is 12.4 Å². The zero-order chi connectivity index (χ0) is 20.3. The molecule has 0 bridgehead atoms. The predicted molar refractivity (Wildman–Crippen MR) is 114 cm³/mol. The quantitative estimate of drug-likeness (QED) is 0.633. The first kappa shape index (κ1) is 20.7. The third kappa shape index (κ3) is 5.29. The molecule has 1 aliphatic heterocycles. The number of rotatable bonds is 4. The first-order chi connectivity index (χ1) is 13.3. The minimum atomic E-state index is -0.444. The molecule has 0 unspecified atom stereocenters. The monoisotopic (exact) mass is 454 g/mol. The summed E-state index contributed by atoms with van der Waals surface area (Å²) >= 11 is 19.3. The Morgan fingerprint density at radius 2 is 1.89 bits per heavy atom. The van der Waals surface area contributed by atoms with Gasteiger partial charge in [-0.1, -0.05) is 40.9 Å². The number of hydrogen-bond donors (Lipinski definition) is 1. The number of amides is 2. The summed E-state index contributed by atoms with van der Waals surface area (Å²) in [6.07, 6.45) is 1.62. The molecule has 1 N–H and O–H groups in total. The lowest BCUT2D eigenvalue weighted by molar-refractivity contribution is -0.117. The number of benzene rings is 2. The molecule has 1 heterocycles. The molecule has 1 aliphatic rings. The van der Waals surface area contributed by atoms with Crippen molar-refractivity contribution in [1.29, 1.82) is 0 Å². The SMILES string of the molecule is CC(=O)NC1=NC(=O)/C(=C\c2cc(Cl)ccc2OCc2ccc(Cl)cc2Cl)S1. The van der Waals surface area contributed by atoms with Crippen molar-refractivity contribution in [2.24, 2.45) is 4.99 Å². The number of hydrogen-bond acceptors (Lipinski definition) is 4. The van der Waals surface area contributed by atoms with Crippen LogP contribution in [0.4, 0.5) is 0 Å². The second-order valence-electron chi connectivity index (χ2n) is 5.72. The normalized spacial score (nSPS) is 14.9. The standard InChI is InChI=1S/C19H13Cl3N2O3S/c1-10(25)23-19-24-18(26)17(28-19)7-12-6-13(20)4-5-16(12)27-9-11-2-3-14(21)8-15(11)22/h2-8H,9H2,1H3,(H,23,24,25,26)/b17-7+.